The van der Waals surface area contributed by atoms with Gasteiger partial charge in [0.2, 0.25) is 5.91 Å². The highest BCUT2D eigenvalue weighted by atomic mass is 16.2. The molecule has 31 heavy (non-hydrogen) atoms. The van der Waals surface area contributed by atoms with Gasteiger partial charge >= 0.3 is 0 Å². The van der Waals surface area contributed by atoms with Crippen LogP contribution in [0, 0.1) is 0 Å². The predicted octanol–water partition coefficient (Wildman–Crippen LogP) is 2.32. The molecule has 2 amide bonds. The maximum atomic E-state index is 13.2. The van der Waals surface area contributed by atoms with E-state index >= 15 is 0 Å². The van der Waals surface area contributed by atoms with E-state index in [0.717, 1.165) is 35.0 Å². The Morgan fingerprint density at radius 2 is 1.87 bits per heavy atom. The lowest BCUT2D eigenvalue weighted by Gasteiger charge is -2.29. The summed E-state index contributed by atoms with van der Waals surface area (Å²) in [7, 11) is 1.98. The fraction of sp³-hybridized carbons (Fsp3) is 0.375. The third kappa shape index (κ3) is 3.59. The summed E-state index contributed by atoms with van der Waals surface area (Å²) in [6, 6.07) is 13.9. The van der Waals surface area contributed by atoms with E-state index in [2.05, 4.69) is 33.8 Å². The number of imidazole rings is 1. The summed E-state index contributed by atoms with van der Waals surface area (Å²) in [4.78, 5) is 31.9. The number of fused-ring (bicyclic) bond motifs is 1. The maximum absolute atomic E-state index is 13.2. The van der Waals surface area contributed by atoms with Gasteiger partial charge in [0.15, 0.2) is 0 Å². The van der Waals surface area contributed by atoms with E-state index in [9.17, 15) is 9.59 Å². The molecule has 1 atom stereocenters. The Morgan fingerprint density at radius 3 is 2.61 bits per heavy atom. The van der Waals surface area contributed by atoms with E-state index in [-0.39, 0.29) is 17.9 Å². The zero-order valence-corrected chi connectivity index (χ0v) is 17.9. The highest BCUT2D eigenvalue weighted by Gasteiger charge is 2.50. The summed E-state index contributed by atoms with van der Waals surface area (Å²) in [6.45, 7) is 3.62. The van der Waals surface area contributed by atoms with Crippen molar-refractivity contribution in [1.82, 2.24) is 25.1 Å². The quantitative estimate of drug-likeness (QED) is 0.671. The molecule has 160 valence electrons. The van der Waals surface area contributed by atoms with Crippen molar-refractivity contribution in [3.63, 3.8) is 0 Å². The molecule has 1 spiro atoms. The van der Waals surface area contributed by atoms with Crippen molar-refractivity contribution in [1.29, 1.82) is 0 Å². The number of carbonyl (C=O) groups is 2. The SMILES string of the molecule is C[C@H]1CNC2(CC2)C(=O)NCCN1C(=O)c1ccc(-c2ccc3c(c2)ncn3C)cc1. The molecule has 2 N–H and O–H groups in total. The first-order valence-electron chi connectivity index (χ1n) is 10.8. The predicted molar refractivity (Wildman–Crippen MR) is 120 cm³/mol. The third-order valence-corrected chi connectivity index (χ3v) is 6.54. The number of nitrogens with one attached hydrogen (secondary N) is 2. The molecule has 0 radical (unpaired) electrons. The first kappa shape index (κ1) is 19.8. The van der Waals surface area contributed by atoms with E-state index < -0.39 is 5.54 Å². The standard InChI is InChI=1S/C24H27N5O2/c1-16-14-27-24(9-10-24)23(31)25-11-12-29(16)22(30)18-5-3-17(4-6-18)19-7-8-21-20(13-19)26-15-28(21)2/h3-8,13,15-16,27H,9-12,14H2,1-2H3,(H,25,31)/t16-/m0/s1. The van der Waals surface area contributed by atoms with Crippen LogP contribution >= 0.6 is 0 Å². The van der Waals surface area contributed by atoms with Gasteiger partial charge in [-0.25, -0.2) is 4.98 Å². The largest absolute Gasteiger partial charge is 0.353 e. The Bertz CT molecular complexity index is 1150. The Morgan fingerprint density at radius 1 is 1.13 bits per heavy atom. The van der Waals surface area contributed by atoms with Gasteiger partial charge in [0.05, 0.1) is 22.9 Å². The molecule has 1 aromatic heterocycles. The number of hydrogen-bond donors (Lipinski definition) is 2. The van der Waals surface area contributed by atoms with Crippen LogP contribution in [0.5, 0.6) is 0 Å². The molecule has 2 fully saturated rings. The number of aromatic nitrogens is 2. The van der Waals surface area contributed by atoms with Crippen LogP contribution in [-0.4, -0.2) is 57.5 Å². The van der Waals surface area contributed by atoms with Gasteiger partial charge in [0, 0.05) is 38.3 Å². The molecule has 7 nitrogen and oxygen atoms in total. The average Bonchev–Trinajstić information content (AvgIpc) is 3.49. The van der Waals surface area contributed by atoms with Gasteiger partial charge in [0.1, 0.15) is 0 Å². The molecule has 2 aromatic carbocycles. The van der Waals surface area contributed by atoms with Crippen LogP contribution in [0.25, 0.3) is 22.2 Å². The number of nitrogens with zero attached hydrogens (tertiary/aromatic N) is 3. The van der Waals surface area contributed by atoms with Gasteiger partial charge in [0.25, 0.3) is 5.91 Å². The first-order chi connectivity index (χ1) is 15.0. The van der Waals surface area contributed by atoms with Gasteiger partial charge in [-0.05, 0) is 55.2 Å². The normalized spacial score (nSPS) is 20.8. The molecular formula is C24H27N5O2. The lowest BCUT2D eigenvalue weighted by molar-refractivity contribution is -0.124. The highest BCUT2D eigenvalue weighted by molar-refractivity contribution is 5.95. The Balaban J connectivity index is 1.34. The van der Waals surface area contributed by atoms with Crippen molar-refractivity contribution in [2.24, 2.45) is 7.05 Å². The fourth-order valence-electron chi connectivity index (χ4n) is 4.33. The Kier molecular flexibility index (Phi) is 4.78. The number of hydrogen-bond acceptors (Lipinski definition) is 4. The number of aryl methyl sites for hydroxylation is 1. The number of rotatable bonds is 2. The molecule has 2 aliphatic rings. The molecule has 7 heteroatoms. The molecule has 1 saturated carbocycles. The topological polar surface area (TPSA) is 79.3 Å². The molecular weight excluding hydrogens is 390 g/mol. The van der Waals surface area contributed by atoms with Crippen LogP contribution < -0.4 is 10.6 Å². The summed E-state index contributed by atoms with van der Waals surface area (Å²) in [5.74, 6) is 0.0465. The maximum Gasteiger partial charge on any atom is 0.254 e. The molecule has 5 rings (SSSR count). The van der Waals surface area contributed by atoms with Gasteiger partial charge in [-0.1, -0.05) is 18.2 Å². The summed E-state index contributed by atoms with van der Waals surface area (Å²) in [6.07, 6.45) is 3.54. The second-order valence-electron chi connectivity index (χ2n) is 8.70. The van der Waals surface area contributed by atoms with Crippen molar-refractivity contribution in [3.05, 3.63) is 54.4 Å². The second-order valence-corrected chi connectivity index (χ2v) is 8.70. The van der Waals surface area contributed by atoms with Crippen molar-refractivity contribution in [2.75, 3.05) is 19.6 Å². The zero-order valence-electron chi connectivity index (χ0n) is 17.9. The number of carbonyl (C=O) groups excluding carboxylic acids is 2. The van der Waals surface area contributed by atoms with Crippen LogP contribution in [-0.2, 0) is 11.8 Å². The Hall–Kier alpha value is -3.19. The van der Waals surface area contributed by atoms with Crippen LogP contribution in [0.4, 0.5) is 0 Å². The molecule has 1 aliphatic heterocycles. The van der Waals surface area contributed by atoms with Crippen molar-refractivity contribution in [2.45, 2.75) is 31.3 Å². The summed E-state index contributed by atoms with van der Waals surface area (Å²) in [5, 5.41) is 6.36. The third-order valence-electron chi connectivity index (χ3n) is 6.54. The van der Waals surface area contributed by atoms with Gasteiger partial charge in [-0.2, -0.15) is 0 Å². The van der Waals surface area contributed by atoms with E-state index in [1.165, 1.54) is 0 Å². The van der Waals surface area contributed by atoms with Crippen LogP contribution in [0.3, 0.4) is 0 Å². The first-order valence-corrected chi connectivity index (χ1v) is 10.8. The second kappa shape index (κ2) is 7.50. The smallest absolute Gasteiger partial charge is 0.254 e. The minimum Gasteiger partial charge on any atom is -0.353 e. The lowest BCUT2D eigenvalue weighted by atomic mass is 10.0. The molecule has 2 heterocycles. The Labute approximate surface area is 181 Å². The van der Waals surface area contributed by atoms with Crippen molar-refractivity contribution >= 4 is 22.8 Å². The summed E-state index contributed by atoms with van der Waals surface area (Å²) < 4.78 is 2.00. The molecule has 0 unspecified atom stereocenters. The van der Waals surface area contributed by atoms with E-state index in [1.54, 1.807) is 0 Å². The molecule has 0 bridgehead atoms. The lowest BCUT2D eigenvalue weighted by Crippen LogP contribution is -2.48. The molecule has 3 aromatic rings. The van der Waals surface area contributed by atoms with E-state index in [1.807, 2.05) is 54.0 Å². The van der Waals surface area contributed by atoms with Gasteiger partial charge in [-0.15, -0.1) is 0 Å². The monoisotopic (exact) mass is 417 g/mol. The number of benzene rings is 2. The molecule has 1 saturated heterocycles. The fourth-order valence-corrected chi connectivity index (χ4v) is 4.33. The van der Waals surface area contributed by atoms with Crippen molar-refractivity contribution in [3.8, 4) is 11.1 Å². The minimum absolute atomic E-state index is 0.00362. The van der Waals surface area contributed by atoms with Crippen molar-refractivity contribution < 1.29 is 9.59 Å². The molecule has 1 aliphatic carbocycles. The van der Waals surface area contributed by atoms with E-state index in [0.29, 0.717) is 25.2 Å². The summed E-state index contributed by atoms with van der Waals surface area (Å²) in [5.41, 5.74) is 4.40. The number of amides is 2. The summed E-state index contributed by atoms with van der Waals surface area (Å²) >= 11 is 0. The van der Waals surface area contributed by atoms with Crippen LogP contribution in [0.15, 0.2) is 48.8 Å². The zero-order chi connectivity index (χ0) is 21.6. The van der Waals surface area contributed by atoms with Crippen LogP contribution in [0.1, 0.15) is 30.1 Å². The van der Waals surface area contributed by atoms with Gasteiger partial charge < -0.3 is 20.1 Å². The van der Waals surface area contributed by atoms with E-state index in [4.69, 9.17) is 0 Å². The average molecular weight is 418 g/mol. The van der Waals surface area contributed by atoms with Gasteiger partial charge in [-0.3, -0.25) is 9.59 Å². The highest BCUT2D eigenvalue weighted by Crippen LogP contribution is 2.35. The van der Waals surface area contributed by atoms with Crippen LogP contribution in [0.2, 0.25) is 0 Å². The minimum atomic E-state index is -0.413.